The molecule has 1 aliphatic heterocycles. The van der Waals surface area contributed by atoms with E-state index >= 15 is 0 Å². The molecule has 1 fully saturated rings. The molecular weight excluding hydrogens is 266 g/mol. The molecule has 0 spiro atoms. The average molecular weight is 287 g/mol. The van der Waals surface area contributed by atoms with Gasteiger partial charge in [0.15, 0.2) is 5.65 Å². The monoisotopic (exact) mass is 287 g/mol. The van der Waals surface area contributed by atoms with Crippen LogP contribution in [0.1, 0.15) is 19.3 Å². The molecule has 3 rings (SSSR count). The van der Waals surface area contributed by atoms with Gasteiger partial charge in [0.05, 0.1) is 6.10 Å². The third-order valence-electron chi connectivity index (χ3n) is 3.60. The average Bonchev–Trinajstić information content (AvgIpc) is 2.55. The Morgan fingerprint density at radius 3 is 2.95 bits per heavy atom. The smallest absolute Gasteiger partial charge is 0.180 e. The fourth-order valence-corrected chi connectivity index (χ4v) is 2.45. The molecule has 2 aromatic rings. The Balaban J connectivity index is 1.39. The molecule has 0 atom stereocenters. The van der Waals surface area contributed by atoms with Gasteiger partial charge in [-0.3, -0.25) is 4.98 Å². The summed E-state index contributed by atoms with van der Waals surface area (Å²) in [7, 11) is 0. The van der Waals surface area contributed by atoms with Crippen LogP contribution >= 0.6 is 0 Å². The zero-order valence-corrected chi connectivity index (χ0v) is 12.1. The summed E-state index contributed by atoms with van der Waals surface area (Å²) < 4.78 is 5.87. The Kier molecular flexibility index (Phi) is 4.91. The Bertz CT molecular complexity index is 571. The van der Waals surface area contributed by atoms with Gasteiger partial charge in [-0.05, 0) is 44.5 Å². The van der Waals surface area contributed by atoms with Gasteiger partial charge in [-0.15, -0.1) is 0 Å². The highest BCUT2D eigenvalue weighted by Crippen LogP contribution is 2.10. The largest absolute Gasteiger partial charge is 0.378 e. The minimum Gasteiger partial charge on any atom is -0.378 e. The number of nitrogens with zero attached hydrogens (tertiary/aromatic N) is 3. The van der Waals surface area contributed by atoms with E-state index in [1.807, 2.05) is 12.1 Å². The van der Waals surface area contributed by atoms with E-state index in [0.717, 1.165) is 56.8 Å². The minimum atomic E-state index is 0.431. The van der Waals surface area contributed by atoms with Crippen molar-refractivity contribution in [1.29, 1.82) is 0 Å². The van der Waals surface area contributed by atoms with Crippen LogP contribution in [0.2, 0.25) is 0 Å². The fourth-order valence-electron chi connectivity index (χ4n) is 2.45. The molecular formula is C15H21N5O. The second-order valence-corrected chi connectivity index (χ2v) is 5.20. The Morgan fingerprint density at radius 2 is 2.05 bits per heavy atom. The number of hydrogen-bond donors (Lipinski definition) is 2. The molecule has 0 saturated carbocycles. The van der Waals surface area contributed by atoms with Crippen LogP contribution in [-0.4, -0.2) is 47.3 Å². The summed E-state index contributed by atoms with van der Waals surface area (Å²) >= 11 is 0. The highest BCUT2D eigenvalue weighted by Gasteiger charge is 2.12. The lowest BCUT2D eigenvalue weighted by atomic mass is 10.1. The van der Waals surface area contributed by atoms with Gasteiger partial charge in [0, 0.05) is 25.5 Å². The van der Waals surface area contributed by atoms with Gasteiger partial charge in [0.2, 0.25) is 0 Å². The predicted molar refractivity (Wildman–Crippen MR) is 82.3 cm³/mol. The third-order valence-corrected chi connectivity index (χ3v) is 3.60. The Morgan fingerprint density at radius 1 is 1.19 bits per heavy atom. The maximum atomic E-state index is 5.87. The highest BCUT2D eigenvalue weighted by atomic mass is 16.5. The van der Waals surface area contributed by atoms with Crippen molar-refractivity contribution < 1.29 is 4.74 Å². The lowest BCUT2D eigenvalue weighted by molar-refractivity contribution is 0.0329. The zero-order chi connectivity index (χ0) is 14.3. The van der Waals surface area contributed by atoms with Gasteiger partial charge in [-0.2, -0.15) is 0 Å². The number of piperidine rings is 1. The molecule has 0 bridgehead atoms. The van der Waals surface area contributed by atoms with Gasteiger partial charge in [0.25, 0.3) is 0 Å². The quantitative estimate of drug-likeness (QED) is 0.786. The number of rotatable bonds is 6. The normalized spacial score (nSPS) is 16.2. The van der Waals surface area contributed by atoms with Gasteiger partial charge in [-0.25, -0.2) is 9.97 Å². The summed E-state index contributed by atoms with van der Waals surface area (Å²) in [5.74, 6) is 0.838. The molecule has 2 aromatic heterocycles. The van der Waals surface area contributed by atoms with Crippen molar-refractivity contribution in [3.05, 3.63) is 24.5 Å². The summed E-state index contributed by atoms with van der Waals surface area (Å²) in [4.78, 5) is 12.8. The molecule has 112 valence electrons. The van der Waals surface area contributed by atoms with E-state index in [9.17, 15) is 0 Å². The maximum Gasteiger partial charge on any atom is 0.180 e. The number of aromatic nitrogens is 3. The minimum absolute atomic E-state index is 0.431. The molecule has 21 heavy (non-hydrogen) atoms. The van der Waals surface area contributed by atoms with E-state index in [2.05, 4.69) is 25.6 Å². The SMILES string of the molecule is c1cnc2nc(NCCCOC3CCNCC3)ccc2n1. The number of fused-ring (bicyclic) bond motifs is 1. The molecule has 6 nitrogen and oxygen atoms in total. The van der Waals surface area contributed by atoms with Crippen LogP contribution in [0.5, 0.6) is 0 Å². The first-order chi connectivity index (χ1) is 10.4. The van der Waals surface area contributed by atoms with E-state index in [1.165, 1.54) is 0 Å². The molecule has 0 aliphatic carbocycles. The second-order valence-electron chi connectivity index (χ2n) is 5.20. The molecule has 3 heterocycles. The summed E-state index contributed by atoms with van der Waals surface area (Å²) in [5.41, 5.74) is 1.49. The van der Waals surface area contributed by atoms with Crippen LogP contribution < -0.4 is 10.6 Å². The number of hydrogen-bond acceptors (Lipinski definition) is 6. The van der Waals surface area contributed by atoms with E-state index in [1.54, 1.807) is 12.4 Å². The van der Waals surface area contributed by atoms with Crippen molar-refractivity contribution in [3.8, 4) is 0 Å². The molecule has 1 saturated heterocycles. The van der Waals surface area contributed by atoms with Crippen LogP contribution in [0, 0.1) is 0 Å². The second kappa shape index (κ2) is 7.28. The molecule has 0 radical (unpaired) electrons. The van der Waals surface area contributed by atoms with Crippen LogP contribution in [0.4, 0.5) is 5.82 Å². The maximum absolute atomic E-state index is 5.87. The molecule has 6 heteroatoms. The summed E-state index contributed by atoms with van der Waals surface area (Å²) in [6, 6.07) is 3.87. The van der Waals surface area contributed by atoms with Gasteiger partial charge in [0.1, 0.15) is 11.3 Å². The van der Waals surface area contributed by atoms with Crippen LogP contribution in [-0.2, 0) is 4.74 Å². The topological polar surface area (TPSA) is 72.0 Å². The van der Waals surface area contributed by atoms with E-state index in [0.29, 0.717) is 11.8 Å². The summed E-state index contributed by atoms with van der Waals surface area (Å²) in [5, 5.41) is 6.64. The van der Waals surface area contributed by atoms with Crippen LogP contribution in [0.25, 0.3) is 11.2 Å². The van der Waals surface area contributed by atoms with E-state index in [-0.39, 0.29) is 0 Å². The standard InChI is InChI=1S/C15H21N5O/c1(11-21-12-4-7-16-8-5-12)6-18-14-3-2-13-15(20-14)19-10-9-17-13/h2-3,9-10,12,16H,1,4-8,11H2,(H,18,19,20). The lowest BCUT2D eigenvalue weighted by Crippen LogP contribution is -2.32. The summed E-state index contributed by atoms with van der Waals surface area (Å²) in [6.07, 6.45) is 6.99. The van der Waals surface area contributed by atoms with Gasteiger partial charge >= 0.3 is 0 Å². The first kappa shape index (κ1) is 14.2. The fraction of sp³-hybridized carbons (Fsp3) is 0.533. The first-order valence-electron chi connectivity index (χ1n) is 7.56. The van der Waals surface area contributed by atoms with Gasteiger partial charge in [-0.1, -0.05) is 0 Å². The van der Waals surface area contributed by atoms with Gasteiger partial charge < -0.3 is 15.4 Å². The van der Waals surface area contributed by atoms with Crippen molar-refractivity contribution in [3.63, 3.8) is 0 Å². The lowest BCUT2D eigenvalue weighted by Gasteiger charge is -2.22. The van der Waals surface area contributed by atoms with E-state index < -0.39 is 0 Å². The third kappa shape index (κ3) is 4.09. The van der Waals surface area contributed by atoms with Crippen molar-refractivity contribution in [2.24, 2.45) is 0 Å². The zero-order valence-electron chi connectivity index (χ0n) is 12.1. The molecule has 0 amide bonds. The molecule has 0 aromatic carbocycles. The Labute approximate surface area is 124 Å². The number of pyridine rings is 1. The van der Waals surface area contributed by atoms with Crippen LogP contribution in [0.3, 0.4) is 0 Å². The van der Waals surface area contributed by atoms with E-state index in [4.69, 9.17) is 4.74 Å². The van der Waals surface area contributed by atoms with Crippen molar-refractivity contribution in [2.75, 3.05) is 31.6 Å². The number of ether oxygens (including phenoxy) is 1. The molecule has 1 aliphatic rings. The highest BCUT2D eigenvalue weighted by molar-refractivity contribution is 5.71. The summed E-state index contributed by atoms with van der Waals surface area (Å²) in [6.45, 7) is 3.80. The molecule has 2 N–H and O–H groups in total. The predicted octanol–water partition coefficient (Wildman–Crippen LogP) is 1.60. The number of nitrogens with one attached hydrogen (secondary N) is 2. The van der Waals surface area contributed by atoms with Crippen LogP contribution in [0.15, 0.2) is 24.5 Å². The van der Waals surface area contributed by atoms with Crippen molar-refractivity contribution >= 4 is 17.0 Å². The van der Waals surface area contributed by atoms with Crippen molar-refractivity contribution in [2.45, 2.75) is 25.4 Å². The Hall–Kier alpha value is -1.79. The number of anilines is 1. The first-order valence-corrected chi connectivity index (χ1v) is 7.56. The van der Waals surface area contributed by atoms with Crippen molar-refractivity contribution in [1.82, 2.24) is 20.3 Å². The molecule has 0 unspecified atom stereocenters.